The number of sulfone groups is 1. The van der Waals surface area contributed by atoms with Gasteiger partial charge in [0.05, 0.1) is 10.6 Å². The Bertz CT molecular complexity index is 3000. The topological polar surface area (TPSA) is 334 Å². The largest absolute Gasteiger partial charge is 1.00 e. The van der Waals surface area contributed by atoms with Crippen LogP contribution >= 0.6 is 11.6 Å². The number of benzene rings is 4. The van der Waals surface area contributed by atoms with Gasteiger partial charge in [-0.3, -0.25) is 18.2 Å². The number of phenols is 1. The van der Waals surface area contributed by atoms with Crippen LogP contribution in [0, 0.1) is 6.92 Å². The second-order valence-electron chi connectivity index (χ2n) is 10.7. The van der Waals surface area contributed by atoms with Gasteiger partial charge in [0.1, 0.15) is 31.1 Å². The normalized spacial score (nSPS) is 13.0. The number of nitrogens with zero attached hydrogens (tertiary/aromatic N) is 4. The number of aromatic hydroxyl groups is 1. The summed E-state index contributed by atoms with van der Waals surface area (Å²) in [6.45, 7) is 1.42. The first-order valence-electron chi connectivity index (χ1n) is 13.4. The van der Waals surface area contributed by atoms with E-state index >= 15 is 0 Å². The van der Waals surface area contributed by atoms with E-state index in [0.717, 1.165) is 24.5 Å². The standard InChI is InChI=1S/C26H20ClN5O15S5.Na/c1-11-21(27)25(30-26(28-11)48(2,34)35)29-13-3-4-15-12(7-13)8-20(51(42,43)44)22(23(15)33)32-31-18-6-5-16-17(24(18)52(45,46)47)9-14(49(36,37)38)10-19(16)50(39,40)41;/h3-10,33H,1-2H3,(H,28,29,30)(H,36,37,38)(H,39,40,41)(H,42,43,44)(H,45,46,47);/q;+1. The molecule has 20 nitrogen and oxygen atoms in total. The van der Waals surface area contributed by atoms with E-state index in [0.29, 0.717) is 12.1 Å². The van der Waals surface area contributed by atoms with Crippen LogP contribution < -0.4 is 34.9 Å². The Morgan fingerprint density at radius 1 is 0.698 bits per heavy atom. The fourth-order valence-corrected chi connectivity index (χ4v) is 8.30. The van der Waals surface area contributed by atoms with Crippen molar-refractivity contribution in [2.24, 2.45) is 10.2 Å². The predicted octanol–water partition coefficient (Wildman–Crippen LogP) is 1.00. The zero-order valence-corrected chi connectivity index (χ0v) is 33.5. The Morgan fingerprint density at radius 2 is 1.30 bits per heavy atom. The number of fused-ring (bicyclic) bond motifs is 2. The van der Waals surface area contributed by atoms with Crippen molar-refractivity contribution in [1.82, 2.24) is 9.97 Å². The number of hydrogen-bond donors (Lipinski definition) is 6. The van der Waals surface area contributed by atoms with Crippen LogP contribution in [0.4, 0.5) is 22.9 Å². The zero-order valence-electron chi connectivity index (χ0n) is 26.6. The quantitative estimate of drug-likeness (QED) is 0.0521. The maximum absolute atomic E-state index is 12.5. The average Bonchev–Trinajstić information content (AvgIpc) is 2.99. The summed E-state index contributed by atoms with van der Waals surface area (Å²) in [4.78, 5) is 2.87. The number of hydrogen-bond acceptors (Lipinski definition) is 16. The summed E-state index contributed by atoms with van der Waals surface area (Å²) in [7, 11) is -25.2. The summed E-state index contributed by atoms with van der Waals surface area (Å²) in [6.07, 6.45) is 0.868. The molecule has 5 aromatic rings. The molecule has 0 fully saturated rings. The molecule has 6 N–H and O–H groups in total. The number of halogens is 1. The van der Waals surface area contributed by atoms with Crippen molar-refractivity contribution in [1.29, 1.82) is 0 Å². The fraction of sp³-hybridized carbons (Fsp3) is 0.0769. The van der Waals surface area contributed by atoms with E-state index < -0.39 is 103 Å². The number of aryl methyl sites for hydroxylation is 1. The third-order valence-corrected chi connectivity index (χ3v) is 11.8. The Balaban J connectivity index is 0.00000627. The molecule has 276 valence electrons. The molecule has 0 spiro atoms. The van der Waals surface area contributed by atoms with Gasteiger partial charge in [-0.15, -0.1) is 10.2 Å². The second-order valence-corrected chi connectivity index (χ2v) is 18.5. The van der Waals surface area contributed by atoms with Crippen molar-refractivity contribution in [3.05, 3.63) is 59.2 Å². The molecule has 53 heavy (non-hydrogen) atoms. The van der Waals surface area contributed by atoms with Crippen LogP contribution in [0.25, 0.3) is 21.5 Å². The van der Waals surface area contributed by atoms with E-state index in [-0.39, 0.29) is 62.6 Å². The molecule has 0 amide bonds. The Kier molecular flexibility index (Phi) is 11.4. The first-order valence-corrected chi connectivity index (χ1v) is 21.4. The Hall–Kier alpha value is -3.44. The van der Waals surface area contributed by atoms with Gasteiger partial charge in [-0.1, -0.05) is 17.7 Å². The molecule has 0 unspecified atom stereocenters. The van der Waals surface area contributed by atoms with Gasteiger partial charge < -0.3 is 10.4 Å². The Morgan fingerprint density at radius 3 is 1.85 bits per heavy atom. The second kappa shape index (κ2) is 14.3. The first-order chi connectivity index (χ1) is 23.7. The molecule has 0 atom stereocenters. The summed E-state index contributed by atoms with van der Waals surface area (Å²) < 4.78 is 161. The summed E-state index contributed by atoms with van der Waals surface area (Å²) in [6, 6.07) is 6.84. The number of rotatable bonds is 9. The Labute approximate surface area is 327 Å². The number of nitrogens with one attached hydrogen (secondary N) is 1. The van der Waals surface area contributed by atoms with Gasteiger partial charge in [0.25, 0.3) is 40.5 Å². The van der Waals surface area contributed by atoms with Crippen molar-refractivity contribution in [3.63, 3.8) is 0 Å². The molecule has 1 aromatic heterocycles. The zero-order chi connectivity index (χ0) is 38.9. The van der Waals surface area contributed by atoms with Crippen LogP contribution in [-0.2, 0) is 50.3 Å². The van der Waals surface area contributed by atoms with Crippen LogP contribution in [0.15, 0.2) is 83.5 Å². The van der Waals surface area contributed by atoms with Gasteiger partial charge in [-0.05, 0) is 54.8 Å². The van der Waals surface area contributed by atoms with Crippen LogP contribution in [0.5, 0.6) is 5.75 Å². The van der Waals surface area contributed by atoms with Crippen LogP contribution in [-0.4, -0.2) is 81.6 Å². The van der Waals surface area contributed by atoms with E-state index in [1.165, 1.54) is 25.1 Å². The summed E-state index contributed by atoms with van der Waals surface area (Å²) in [5, 5.41) is 18.6. The summed E-state index contributed by atoms with van der Waals surface area (Å²) in [5.41, 5.74) is -1.67. The molecule has 0 saturated heterocycles. The van der Waals surface area contributed by atoms with Crippen LogP contribution in [0.2, 0.25) is 5.02 Å². The monoisotopic (exact) mass is 860 g/mol. The average molecular weight is 861 g/mol. The van der Waals surface area contributed by atoms with E-state index in [9.17, 15) is 65.4 Å². The summed E-state index contributed by atoms with van der Waals surface area (Å²) >= 11 is 6.24. The molecule has 0 aliphatic carbocycles. The van der Waals surface area contributed by atoms with Gasteiger partial charge in [0, 0.05) is 28.1 Å². The van der Waals surface area contributed by atoms with Gasteiger partial charge in [0.15, 0.2) is 11.6 Å². The van der Waals surface area contributed by atoms with Gasteiger partial charge in [0.2, 0.25) is 15.0 Å². The smallest absolute Gasteiger partial charge is 0.505 e. The number of anilines is 2. The SMILES string of the molecule is Cc1nc(S(C)(=O)=O)nc(Nc2ccc3c(O)c(N=Nc4ccc5c(S(=O)(=O)O)cc(S(=O)(=O)O)cc5c4S(=O)(=O)O)c(S(=O)(=O)O)cc3c2)c1Cl.[Na+]. The number of azo groups is 1. The molecule has 0 saturated carbocycles. The van der Waals surface area contributed by atoms with Gasteiger partial charge in [-0.2, -0.15) is 38.7 Å². The minimum Gasteiger partial charge on any atom is -0.505 e. The molecule has 5 rings (SSSR count). The predicted molar refractivity (Wildman–Crippen MR) is 181 cm³/mol. The van der Waals surface area contributed by atoms with Crippen LogP contribution in [0.1, 0.15) is 5.69 Å². The van der Waals surface area contributed by atoms with Gasteiger partial charge >= 0.3 is 29.6 Å². The van der Waals surface area contributed by atoms with Crippen LogP contribution in [0.3, 0.4) is 0 Å². The fourth-order valence-electron chi connectivity index (χ4n) is 4.79. The molecular weight excluding hydrogens is 841 g/mol. The maximum Gasteiger partial charge on any atom is 1.00 e. The third-order valence-electron chi connectivity index (χ3n) is 7.01. The first kappa shape index (κ1) is 42.3. The number of phenolic OH excluding ortho intramolecular Hbond substituents is 1. The van der Waals surface area contributed by atoms with Crippen molar-refractivity contribution in [2.45, 2.75) is 31.7 Å². The minimum absolute atomic E-state index is 0. The maximum atomic E-state index is 12.5. The van der Waals surface area contributed by atoms with E-state index in [1.807, 2.05) is 0 Å². The molecule has 4 aromatic carbocycles. The van der Waals surface area contributed by atoms with Crippen molar-refractivity contribution < 1.29 is 95.0 Å². The van der Waals surface area contributed by atoms with E-state index in [1.54, 1.807) is 0 Å². The van der Waals surface area contributed by atoms with Crippen molar-refractivity contribution in [3.8, 4) is 5.75 Å². The molecule has 27 heteroatoms. The molecule has 0 radical (unpaired) electrons. The molecular formula is C26H20ClN5NaO15S5+. The molecule has 0 bridgehead atoms. The molecule has 0 aliphatic heterocycles. The molecule has 1 heterocycles. The minimum atomic E-state index is -5.52. The van der Waals surface area contributed by atoms with E-state index in [4.69, 9.17) is 11.6 Å². The van der Waals surface area contributed by atoms with Gasteiger partial charge in [-0.25, -0.2) is 13.4 Å². The third kappa shape index (κ3) is 8.77. The van der Waals surface area contributed by atoms with Crippen molar-refractivity contribution >= 4 is 106 Å². The number of aromatic nitrogens is 2. The van der Waals surface area contributed by atoms with E-state index in [2.05, 4.69) is 25.5 Å². The summed E-state index contributed by atoms with van der Waals surface area (Å²) in [5.74, 6) is -1.11. The molecule has 0 aliphatic rings. The van der Waals surface area contributed by atoms with Crippen molar-refractivity contribution in [2.75, 3.05) is 11.6 Å².